The summed E-state index contributed by atoms with van der Waals surface area (Å²) in [5, 5.41) is 17.5. The fourth-order valence-electron chi connectivity index (χ4n) is 3.99. The van der Waals surface area contributed by atoms with Gasteiger partial charge in [-0.05, 0) is 72.6 Å². The Morgan fingerprint density at radius 3 is 2.12 bits per heavy atom. The van der Waals surface area contributed by atoms with Crippen molar-refractivity contribution in [1.29, 1.82) is 0 Å². The number of hydrogen-bond acceptors (Lipinski definition) is 7. The molecule has 5 rings (SSSR count). The lowest BCUT2D eigenvalue weighted by atomic mass is 10.1. The molecule has 40 heavy (non-hydrogen) atoms. The van der Waals surface area contributed by atoms with E-state index in [2.05, 4.69) is 15.0 Å². The van der Waals surface area contributed by atoms with Crippen LogP contribution in [0.25, 0.3) is 16.9 Å². The molecule has 0 fully saturated rings. The Morgan fingerprint density at radius 1 is 0.850 bits per heavy atom. The Bertz CT molecular complexity index is 1670. The molecular weight excluding hydrogens is 530 g/mol. The topological polar surface area (TPSA) is 135 Å². The molecular formula is C29H25N5O5S. The van der Waals surface area contributed by atoms with Crippen molar-refractivity contribution in [3.05, 3.63) is 121 Å². The summed E-state index contributed by atoms with van der Waals surface area (Å²) in [6, 6.07) is 30.6. The molecule has 0 radical (unpaired) electrons. The molecule has 10 nitrogen and oxygen atoms in total. The van der Waals surface area contributed by atoms with E-state index in [1.165, 1.54) is 22.3 Å². The van der Waals surface area contributed by atoms with E-state index in [1.54, 1.807) is 42.6 Å². The lowest BCUT2D eigenvalue weighted by Gasteiger charge is -2.17. The SMILES string of the molecule is O=C(NO)[C@@H](Cc1ccccc1)NS(=O)(=O)c1ccc(-n2cc(-c3ccc(Oc4ccccc4)cc3)nn2)cc1. The first-order chi connectivity index (χ1) is 19.4. The molecule has 4 aromatic carbocycles. The average molecular weight is 556 g/mol. The van der Waals surface area contributed by atoms with Gasteiger partial charge in [0.1, 0.15) is 23.2 Å². The van der Waals surface area contributed by atoms with Gasteiger partial charge in [-0.2, -0.15) is 4.72 Å². The maximum atomic E-state index is 13.0. The van der Waals surface area contributed by atoms with Gasteiger partial charge in [-0.15, -0.1) is 5.10 Å². The number of hydrogen-bond donors (Lipinski definition) is 3. The Kier molecular flexibility index (Phi) is 7.97. The van der Waals surface area contributed by atoms with Crippen molar-refractivity contribution >= 4 is 15.9 Å². The van der Waals surface area contributed by atoms with Gasteiger partial charge >= 0.3 is 0 Å². The Labute approximate surface area is 230 Å². The van der Waals surface area contributed by atoms with Crippen LogP contribution in [-0.2, 0) is 21.2 Å². The average Bonchev–Trinajstić information content (AvgIpc) is 3.48. The number of nitrogens with zero attached hydrogens (tertiary/aromatic N) is 3. The third-order valence-electron chi connectivity index (χ3n) is 6.04. The van der Waals surface area contributed by atoms with Crippen molar-refractivity contribution in [2.75, 3.05) is 0 Å². The molecule has 202 valence electrons. The maximum Gasteiger partial charge on any atom is 0.261 e. The van der Waals surface area contributed by atoms with Crippen molar-refractivity contribution in [2.24, 2.45) is 0 Å². The highest BCUT2D eigenvalue weighted by molar-refractivity contribution is 7.89. The number of amides is 1. The summed E-state index contributed by atoms with van der Waals surface area (Å²) in [7, 11) is -4.08. The fourth-order valence-corrected chi connectivity index (χ4v) is 5.18. The molecule has 3 N–H and O–H groups in total. The summed E-state index contributed by atoms with van der Waals surface area (Å²) in [6.07, 6.45) is 1.79. The maximum absolute atomic E-state index is 13.0. The van der Waals surface area contributed by atoms with Gasteiger partial charge in [0.2, 0.25) is 10.0 Å². The Morgan fingerprint density at radius 2 is 1.48 bits per heavy atom. The van der Waals surface area contributed by atoms with Crippen LogP contribution in [0, 0.1) is 0 Å². The minimum Gasteiger partial charge on any atom is -0.457 e. The van der Waals surface area contributed by atoms with E-state index in [1.807, 2.05) is 60.7 Å². The van der Waals surface area contributed by atoms with Crippen molar-refractivity contribution in [3.8, 4) is 28.4 Å². The third kappa shape index (κ3) is 6.41. The van der Waals surface area contributed by atoms with E-state index in [0.717, 1.165) is 16.9 Å². The Hall–Kier alpha value is -4.84. The van der Waals surface area contributed by atoms with Gasteiger partial charge in [-0.1, -0.05) is 53.7 Å². The van der Waals surface area contributed by atoms with Crippen LogP contribution in [0.3, 0.4) is 0 Å². The number of para-hydroxylation sites is 1. The van der Waals surface area contributed by atoms with Gasteiger partial charge in [0, 0.05) is 5.56 Å². The van der Waals surface area contributed by atoms with Crippen LogP contribution < -0.4 is 14.9 Å². The number of nitrogens with one attached hydrogen (secondary N) is 2. The number of benzene rings is 4. The number of sulfonamides is 1. The van der Waals surface area contributed by atoms with E-state index in [-0.39, 0.29) is 11.3 Å². The molecule has 5 aromatic rings. The monoisotopic (exact) mass is 555 g/mol. The van der Waals surface area contributed by atoms with Crippen molar-refractivity contribution in [1.82, 2.24) is 25.2 Å². The molecule has 1 amide bonds. The van der Waals surface area contributed by atoms with E-state index >= 15 is 0 Å². The molecule has 0 aliphatic heterocycles. The van der Waals surface area contributed by atoms with Crippen LogP contribution in [0.15, 0.2) is 120 Å². The zero-order valence-corrected chi connectivity index (χ0v) is 21.9. The van der Waals surface area contributed by atoms with Crippen LogP contribution in [0.4, 0.5) is 0 Å². The van der Waals surface area contributed by atoms with Crippen LogP contribution >= 0.6 is 0 Å². The van der Waals surface area contributed by atoms with Gasteiger partial charge in [0.05, 0.1) is 16.8 Å². The van der Waals surface area contributed by atoms with Crippen LogP contribution in [-0.4, -0.2) is 40.6 Å². The summed E-state index contributed by atoms with van der Waals surface area (Å²) in [6.45, 7) is 0. The summed E-state index contributed by atoms with van der Waals surface area (Å²) >= 11 is 0. The van der Waals surface area contributed by atoms with Gasteiger partial charge in [-0.3, -0.25) is 10.0 Å². The van der Waals surface area contributed by atoms with Crippen LogP contribution in [0.1, 0.15) is 5.56 Å². The van der Waals surface area contributed by atoms with Crippen LogP contribution in [0.5, 0.6) is 11.5 Å². The predicted molar refractivity (Wildman–Crippen MR) is 147 cm³/mol. The first-order valence-corrected chi connectivity index (χ1v) is 13.8. The highest BCUT2D eigenvalue weighted by atomic mass is 32.2. The van der Waals surface area contributed by atoms with E-state index in [4.69, 9.17) is 9.94 Å². The second-order valence-electron chi connectivity index (χ2n) is 8.82. The number of aromatic nitrogens is 3. The second-order valence-corrected chi connectivity index (χ2v) is 10.5. The summed E-state index contributed by atoms with van der Waals surface area (Å²) in [4.78, 5) is 12.1. The zero-order chi connectivity index (χ0) is 28.0. The molecule has 0 aliphatic rings. The number of carbonyl (C=O) groups is 1. The fraction of sp³-hybridized carbons (Fsp3) is 0.0690. The van der Waals surface area contributed by atoms with Gasteiger partial charge < -0.3 is 4.74 Å². The standard InChI is InChI=1S/C29H25N5O5S/c35-29(31-36)27(19-21-7-3-1-4-8-21)32-40(37,38)26-17-13-23(14-18-26)34-20-28(30-33-34)22-11-15-25(16-12-22)39-24-9-5-2-6-10-24/h1-18,20,27,32,36H,19H2,(H,31,35)/t27-/m1/s1. The summed E-state index contributed by atoms with van der Waals surface area (Å²) in [5.74, 6) is 0.569. The number of ether oxygens (including phenoxy) is 1. The minimum absolute atomic E-state index is 0.0469. The minimum atomic E-state index is -4.08. The van der Waals surface area contributed by atoms with Crippen molar-refractivity contribution in [3.63, 3.8) is 0 Å². The summed E-state index contributed by atoms with van der Waals surface area (Å²) < 4.78 is 35.8. The molecule has 0 spiro atoms. The largest absolute Gasteiger partial charge is 0.457 e. The molecule has 11 heteroatoms. The molecule has 1 aromatic heterocycles. The van der Waals surface area contributed by atoms with Crippen LogP contribution in [0.2, 0.25) is 0 Å². The highest BCUT2D eigenvalue weighted by Gasteiger charge is 2.26. The molecule has 1 heterocycles. The predicted octanol–water partition coefficient (Wildman–Crippen LogP) is 4.12. The lowest BCUT2D eigenvalue weighted by Crippen LogP contribution is -2.47. The van der Waals surface area contributed by atoms with Gasteiger partial charge in [-0.25, -0.2) is 18.6 Å². The zero-order valence-electron chi connectivity index (χ0n) is 21.1. The molecule has 1 atom stereocenters. The van der Waals surface area contributed by atoms with Gasteiger partial charge in [0.25, 0.3) is 5.91 Å². The highest BCUT2D eigenvalue weighted by Crippen LogP contribution is 2.25. The van der Waals surface area contributed by atoms with E-state index in [9.17, 15) is 13.2 Å². The smallest absolute Gasteiger partial charge is 0.261 e. The lowest BCUT2D eigenvalue weighted by molar-refractivity contribution is -0.130. The number of hydroxylamine groups is 1. The van der Waals surface area contributed by atoms with Gasteiger partial charge in [0.15, 0.2) is 0 Å². The molecule has 0 unspecified atom stereocenters. The third-order valence-corrected chi connectivity index (χ3v) is 7.53. The summed E-state index contributed by atoms with van der Waals surface area (Å²) in [5.41, 5.74) is 4.32. The van der Waals surface area contributed by atoms with Crippen molar-refractivity contribution < 1.29 is 23.2 Å². The Balaban J connectivity index is 1.28. The van der Waals surface area contributed by atoms with E-state index < -0.39 is 22.0 Å². The molecule has 0 aliphatic carbocycles. The number of rotatable bonds is 10. The first kappa shape index (κ1) is 26.8. The number of carbonyl (C=O) groups excluding carboxylic acids is 1. The van der Waals surface area contributed by atoms with E-state index in [0.29, 0.717) is 17.1 Å². The molecule has 0 saturated carbocycles. The molecule has 0 bridgehead atoms. The second kappa shape index (κ2) is 11.9. The quantitative estimate of drug-likeness (QED) is 0.174. The first-order valence-electron chi connectivity index (χ1n) is 12.3. The molecule has 0 saturated heterocycles. The normalized spacial score (nSPS) is 12.0. The van der Waals surface area contributed by atoms with Crippen molar-refractivity contribution in [2.45, 2.75) is 17.4 Å².